The Morgan fingerprint density at radius 2 is 1.93 bits per heavy atom. The molecule has 0 fully saturated rings. The Bertz CT molecular complexity index is 1130. The second-order valence-electron chi connectivity index (χ2n) is 6.26. The predicted molar refractivity (Wildman–Crippen MR) is 108 cm³/mol. The second kappa shape index (κ2) is 7.84. The van der Waals surface area contributed by atoms with Gasteiger partial charge in [0.15, 0.2) is 0 Å². The molecule has 0 bridgehead atoms. The van der Waals surface area contributed by atoms with E-state index in [1.165, 1.54) is 6.07 Å². The van der Waals surface area contributed by atoms with Crippen molar-refractivity contribution in [2.45, 2.75) is 32.2 Å². The van der Waals surface area contributed by atoms with Gasteiger partial charge in [-0.05, 0) is 56.2 Å². The van der Waals surface area contributed by atoms with E-state index < -0.39 is 10.0 Å². The summed E-state index contributed by atoms with van der Waals surface area (Å²) in [5.41, 5.74) is 2.84. The number of benzene rings is 2. The lowest BCUT2D eigenvalue weighted by atomic mass is 10.1. The number of hydrogen-bond donors (Lipinski definition) is 1. The van der Waals surface area contributed by atoms with Gasteiger partial charge < -0.3 is 4.74 Å². The summed E-state index contributed by atoms with van der Waals surface area (Å²) in [6.45, 7) is 6.74. The first-order valence-corrected chi connectivity index (χ1v) is 10.9. The first-order valence-electron chi connectivity index (χ1n) is 8.65. The molecule has 8 heteroatoms. The van der Waals surface area contributed by atoms with Gasteiger partial charge in [0, 0.05) is 13.1 Å². The minimum Gasteiger partial charge on any atom is -0.492 e. The summed E-state index contributed by atoms with van der Waals surface area (Å²) < 4.78 is 35.6. The Hall–Kier alpha value is -2.16. The maximum absolute atomic E-state index is 12.5. The van der Waals surface area contributed by atoms with E-state index in [0.717, 1.165) is 33.7 Å². The van der Waals surface area contributed by atoms with Crippen LogP contribution in [0.15, 0.2) is 46.1 Å². The van der Waals surface area contributed by atoms with Crippen LogP contribution in [0.4, 0.5) is 0 Å². The van der Waals surface area contributed by atoms with Crippen molar-refractivity contribution >= 4 is 31.6 Å². The van der Waals surface area contributed by atoms with Crippen molar-refractivity contribution < 1.29 is 13.2 Å². The zero-order valence-corrected chi connectivity index (χ0v) is 17.1. The highest BCUT2D eigenvalue weighted by atomic mass is 32.2. The monoisotopic (exact) mass is 406 g/mol. The van der Waals surface area contributed by atoms with Crippen molar-refractivity contribution in [1.29, 1.82) is 0 Å². The number of nitrogens with one attached hydrogen (secondary N) is 1. The van der Waals surface area contributed by atoms with E-state index in [0.29, 0.717) is 11.2 Å². The average Bonchev–Trinajstić information content (AvgIpc) is 2.95. The Labute approximate surface area is 162 Å². The molecule has 3 aromatic rings. The SMILES string of the molecule is CCn1c(=O)sc2cc(S(=O)(=O)NCCOc3cc(C)ccc3C)ccc21. The van der Waals surface area contributed by atoms with E-state index >= 15 is 0 Å². The van der Waals surface area contributed by atoms with Crippen molar-refractivity contribution in [3.05, 3.63) is 57.2 Å². The molecular formula is C19H22N2O4S2. The van der Waals surface area contributed by atoms with E-state index in [1.807, 2.05) is 39.0 Å². The Morgan fingerprint density at radius 3 is 2.67 bits per heavy atom. The number of rotatable bonds is 7. The van der Waals surface area contributed by atoms with Crippen LogP contribution in [-0.2, 0) is 16.6 Å². The van der Waals surface area contributed by atoms with E-state index in [9.17, 15) is 13.2 Å². The van der Waals surface area contributed by atoms with Gasteiger partial charge in [0.1, 0.15) is 12.4 Å². The topological polar surface area (TPSA) is 77.4 Å². The second-order valence-corrected chi connectivity index (χ2v) is 9.02. The molecule has 144 valence electrons. The van der Waals surface area contributed by atoms with Crippen molar-refractivity contribution in [2.75, 3.05) is 13.2 Å². The molecule has 1 heterocycles. The molecule has 0 radical (unpaired) electrons. The molecule has 0 saturated heterocycles. The normalized spacial score (nSPS) is 11.8. The fourth-order valence-electron chi connectivity index (χ4n) is 2.80. The van der Waals surface area contributed by atoms with E-state index in [1.54, 1.807) is 16.7 Å². The minimum atomic E-state index is -3.67. The van der Waals surface area contributed by atoms with Gasteiger partial charge in [-0.1, -0.05) is 23.5 Å². The van der Waals surface area contributed by atoms with E-state index in [2.05, 4.69) is 4.72 Å². The smallest absolute Gasteiger partial charge is 0.308 e. The highest BCUT2D eigenvalue weighted by Gasteiger charge is 2.16. The van der Waals surface area contributed by atoms with Gasteiger partial charge in [-0.25, -0.2) is 13.1 Å². The fraction of sp³-hybridized carbons (Fsp3) is 0.316. The molecule has 0 aliphatic rings. The molecule has 27 heavy (non-hydrogen) atoms. The predicted octanol–water partition coefficient (Wildman–Crippen LogP) is 3.06. The number of ether oxygens (including phenoxy) is 1. The summed E-state index contributed by atoms with van der Waals surface area (Å²) in [6, 6.07) is 10.6. The summed E-state index contributed by atoms with van der Waals surface area (Å²) in [5.74, 6) is 0.751. The molecule has 0 aliphatic heterocycles. The number of nitrogens with zero attached hydrogens (tertiary/aromatic N) is 1. The minimum absolute atomic E-state index is 0.0862. The molecule has 0 amide bonds. The highest BCUT2D eigenvalue weighted by molar-refractivity contribution is 7.89. The molecule has 3 rings (SSSR count). The first-order chi connectivity index (χ1) is 12.8. The molecule has 0 aliphatic carbocycles. The standard InChI is InChI=1S/C19H22N2O4S2/c1-4-21-16-8-7-15(12-18(16)26-19(21)22)27(23,24)20-9-10-25-17-11-13(2)5-6-14(17)3/h5-8,11-12,20H,4,9-10H2,1-3H3. The maximum atomic E-state index is 12.5. The maximum Gasteiger partial charge on any atom is 0.308 e. The quantitative estimate of drug-likeness (QED) is 0.612. The van der Waals surface area contributed by atoms with Gasteiger partial charge >= 0.3 is 4.87 Å². The van der Waals surface area contributed by atoms with E-state index in [-0.39, 0.29) is 22.9 Å². The summed E-state index contributed by atoms with van der Waals surface area (Å²) in [4.78, 5) is 12.0. The Balaban J connectivity index is 1.68. The van der Waals surface area contributed by atoms with Gasteiger partial charge in [0.2, 0.25) is 10.0 Å². The third-order valence-electron chi connectivity index (χ3n) is 4.26. The number of thiazole rings is 1. The molecule has 0 unspecified atom stereocenters. The third kappa shape index (κ3) is 4.23. The number of sulfonamides is 1. The largest absolute Gasteiger partial charge is 0.492 e. The van der Waals surface area contributed by atoms with Crippen LogP contribution in [-0.4, -0.2) is 26.1 Å². The van der Waals surface area contributed by atoms with Crippen LogP contribution in [0.3, 0.4) is 0 Å². The lowest BCUT2D eigenvalue weighted by molar-refractivity contribution is 0.320. The van der Waals surface area contributed by atoms with Gasteiger partial charge in [-0.3, -0.25) is 9.36 Å². The van der Waals surface area contributed by atoms with E-state index in [4.69, 9.17) is 4.74 Å². The molecule has 1 N–H and O–H groups in total. The lowest BCUT2D eigenvalue weighted by Crippen LogP contribution is -2.28. The van der Waals surface area contributed by atoms with Crippen molar-refractivity contribution in [1.82, 2.24) is 9.29 Å². The zero-order chi connectivity index (χ0) is 19.6. The molecule has 1 aromatic heterocycles. The average molecular weight is 407 g/mol. The number of aryl methyl sites for hydroxylation is 3. The van der Waals surface area contributed by atoms with Crippen molar-refractivity contribution in [3.8, 4) is 5.75 Å². The molecule has 2 aromatic carbocycles. The Kier molecular flexibility index (Phi) is 5.69. The fourth-order valence-corrected chi connectivity index (χ4v) is 4.90. The summed E-state index contributed by atoms with van der Waals surface area (Å²) in [7, 11) is -3.67. The summed E-state index contributed by atoms with van der Waals surface area (Å²) >= 11 is 1.05. The summed E-state index contributed by atoms with van der Waals surface area (Å²) in [6.07, 6.45) is 0. The van der Waals surface area contributed by atoms with Crippen LogP contribution >= 0.6 is 11.3 Å². The van der Waals surface area contributed by atoms with Crippen LogP contribution in [0, 0.1) is 13.8 Å². The molecule has 0 spiro atoms. The number of fused-ring (bicyclic) bond motifs is 1. The van der Waals surface area contributed by atoms with Crippen LogP contribution in [0.2, 0.25) is 0 Å². The highest BCUT2D eigenvalue weighted by Crippen LogP contribution is 2.22. The number of hydrogen-bond acceptors (Lipinski definition) is 5. The van der Waals surface area contributed by atoms with Crippen LogP contribution in [0.1, 0.15) is 18.1 Å². The molecule has 6 nitrogen and oxygen atoms in total. The number of aromatic nitrogens is 1. The van der Waals surface area contributed by atoms with Crippen LogP contribution < -0.4 is 14.3 Å². The first kappa shape index (κ1) is 19.6. The molecule has 0 atom stereocenters. The summed E-state index contributed by atoms with van der Waals surface area (Å²) in [5, 5.41) is 0. The lowest BCUT2D eigenvalue weighted by Gasteiger charge is -2.11. The molecule has 0 saturated carbocycles. The molecular weight excluding hydrogens is 384 g/mol. The van der Waals surface area contributed by atoms with Gasteiger partial charge in [-0.15, -0.1) is 0 Å². The van der Waals surface area contributed by atoms with Crippen molar-refractivity contribution in [2.24, 2.45) is 0 Å². The van der Waals surface area contributed by atoms with Gasteiger partial charge in [-0.2, -0.15) is 0 Å². The Morgan fingerprint density at radius 1 is 1.15 bits per heavy atom. The van der Waals surface area contributed by atoms with Gasteiger partial charge in [0.05, 0.1) is 15.1 Å². The van der Waals surface area contributed by atoms with Crippen LogP contribution in [0.25, 0.3) is 10.2 Å². The van der Waals surface area contributed by atoms with Crippen LogP contribution in [0.5, 0.6) is 5.75 Å². The van der Waals surface area contributed by atoms with Gasteiger partial charge in [0.25, 0.3) is 0 Å². The zero-order valence-electron chi connectivity index (χ0n) is 15.5. The third-order valence-corrected chi connectivity index (χ3v) is 6.66. The van der Waals surface area contributed by atoms with Crippen molar-refractivity contribution in [3.63, 3.8) is 0 Å².